The fraction of sp³-hybridized carbons (Fsp3) is 0.182. The fourth-order valence-electron chi connectivity index (χ4n) is 3.49. The molecule has 0 N–H and O–H groups in total. The number of fused-ring (bicyclic) bond motifs is 2. The van der Waals surface area contributed by atoms with Crippen LogP contribution in [0.5, 0.6) is 0 Å². The Labute approximate surface area is 146 Å². The number of benzene rings is 2. The minimum atomic E-state index is -0.179. The molecular formula is C22H19NO2. The zero-order valence-electron chi connectivity index (χ0n) is 14.3. The predicted molar refractivity (Wildman–Crippen MR) is 99.9 cm³/mol. The van der Waals surface area contributed by atoms with Crippen molar-refractivity contribution < 1.29 is 9.59 Å². The maximum Gasteiger partial charge on any atom is 0.197 e. The van der Waals surface area contributed by atoms with Crippen molar-refractivity contribution in [1.82, 2.24) is 4.57 Å². The Morgan fingerprint density at radius 1 is 0.920 bits per heavy atom. The van der Waals surface area contributed by atoms with E-state index in [9.17, 15) is 9.59 Å². The lowest BCUT2D eigenvalue weighted by Gasteiger charge is -2.07. The Hall–Kier alpha value is -2.94. The first-order chi connectivity index (χ1) is 12.1. The first-order valence-electron chi connectivity index (χ1n) is 8.54. The summed E-state index contributed by atoms with van der Waals surface area (Å²) in [6.07, 6.45) is 3.80. The third-order valence-corrected chi connectivity index (χ3v) is 4.59. The number of allylic oxidation sites excluding steroid dienone is 1. The van der Waals surface area contributed by atoms with Gasteiger partial charge in [0.15, 0.2) is 11.6 Å². The summed E-state index contributed by atoms with van der Waals surface area (Å²) in [6, 6.07) is 15.1. The molecule has 1 aliphatic carbocycles. The van der Waals surface area contributed by atoms with Gasteiger partial charge in [-0.15, -0.1) is 0 Å². The van der Waals surface area contributed by atoms with E-state index in [1.54, 1.807) is 30.3 Å². The van der Waals surface area contributed by atoms with E-state index < -0.39 is 0 Å². The Kier molecular flexibility index (Phi) is 3.65. The minimum Gasteiger partial charge on any atom is -0.347 e. The number of nitrogens with zero attached hydrogens (tertiary/aromatic N) is 1. The molecule has 4 rings (SSSR count). The molecule has 0 saturated heterocycles. The van der Waals surface area contributed by atoms with Gasteiger partial charge in [0.2, 0.25) is 0 Å². The lowest BCUT2D eigenvalue weighted by Crippen LogP contribution is -2.02. The third kappa shape index (κ3) is 2.52. The normalized spacial score (nSPS) is 13.8. The van der Waals surface area contributed by atoms with E-state index in [-0.39, 0.29) is 17.1 Å². The van der Waals surface area contributed by atoms with Gasteiger partial charge in [-0.1, -0.05) is 56.3 Å². The molecule has 0 aliphatic heterocycles. The highest BCUT2D eigenvalue weighted by atomic mass is 16.2. The fourth-order valence-corrected chi connectivity index (χ4v) is 3.49. The summed E-state index contributed by atoms with van der Waals surface area (Å²) in [5, 5.41) is 1.06. The predicted octanol–water partition coefficient (Wildman–Crippen LogP) is 4.76. The van der Waals surface area contributed by atoms with Gasteiger partial charge >= 0.3 is 0 Å². The average molecular weight is 329 g/mol. The topological polar surface area (TPSA) is 39.1 Å². The largest absolute Gasteiger partial charge is 0.347 e. The quantitative estimate of drug-likeness (QED) is 0.513. The molecular weight excluding hydrogens is 310 g/mol. The standard InChI is InChI=1S/C22H19NO2/c1-14(2)12-23-13-15(16-7-5-6-10-20(16)23)11-19-21(24)17-8-3-4-9-18(17)22(19)25/h3-11,13-14H,12H2,1-2H3. The van der Waals surface area contributed by atoms with Crippen molar-refractivity contribution in [3.8, 4) is 0 Å². The molecule has 0 unspecified atom stereocenters. The van der Waals surface area contributed by atoms with Crippen LogP contribution >= 0.6 is 0 Å². The van der Waals surface area contributed by atoms with Crippen molar-refractivity contribution in [3.05, 3.63) is 77.0 Å². The minimum absolute atomic E-state index is 0.179. The SMILES string of the molecule is CC(C)Cn1cc(C=C2C(=O)c3ccccc3C2=O)c2ccccc21. The van der Waals surface area contributed by atoms with Gasteiger partial charge in [-0.05, 0) is 18.1 Å². The molecule has 0 atom stereocenters. The Bertz CT molecular complexity index is 1000. The van der Waals surface area contributed by atoms with E-state index >= 15 is 0 Å². The molecule has 3 nitrogen and oxygen atoms in total. The van der Waals surface area contributed by atoms with Gasteiger partial charge in [0.1, 0.15) is 0 Å². The van der Waals surface area contributed by atoms with Crippen molar-refractivity contribution in [2.24, 2.45) is 5.92 Å². The van der Waals surface area contributed by atoms with Crippen LogP contribution in [0.15, 0.2) is 60.3 Å². The molecule has 1 aliphatic rings. The maximum atomic E-state index is 12.6. The Balaban J connectivity index is 1.85. The first-order valence-corrected chi connectivity index (χ1v) is 8.54. The summed E-state index contributed by atoms with van der Waals surface area (Å²) >= 11 is 0. The summed E-state index contributed by atoms with van der Waals surface area (Å²) in [5.74, 6) is 0.151. The Morgan fingerprint density at radius 2 is 1.52 bits per heavy atom. The van der Waals surface area contributed by atoms with Crippen LogP contribution in [-0.2, 0) is 6.54 Å². The van der Waals surface area contributed by atoms with Crippen LogP contribution in [0.25, 0.3) is 17.0 Å². The van der Waals surface area contributed by atoms with E-state index in [0.717, 1.165) is 23.0 Å². The molecule has 25 heavy (non-hydrogen) atoms. The smallest absolute Gasteiger partial charge is 0.197 e. The highest BCUT2D eigenvalue weighted by Crippen LogP contribution is 2.30. The maximum absolute atomic E-state index is 12.6. The van der Waals surface area contributed by atoms with Crippen LogP contribution in [0, 0.1) is 5.92 Å². The molecule has 3 heteroatoms. The summed E-state index contributed by atoms with van der Waals surface area (Å²) < 4.78 is 2.20. The van der Waals surface area contributed by atoms with Gasteiger partial charge in [-0.25, -0.2) is 0 Å². The van der Waals surface area contributed by atoms with Gasteiger partial charge in [0.05, 0.1) is 5.57 Å². The van der Waals surface area contributed by atoms with Crippen molar-refractivity contribution >= 4 is 28.5 Å². The number of para-hydroxylation sites is 1. The molecule has 1 heterocycles. The van der Waals surface area contributed by atoms with Crippen molar-refractivity contribution in [2.75, 3.05) is 0 Å². The first kappa shape index (κ1) is 15.6. The Morgan fingerprint density at radius 3 is 2.16 bits per heavy atom. The van der Waals surface area contributed by atoms with Crippen LogP contribution in [-0.4, -0.2) is 16.1 Å². The molecule has 0 saturated carbocycles. The summed E-state index contributed by atoms with van der Waals surface area (Å²) in [4.78, 5) is 25.3. The van der Waals surface area contributed by atoms with Crippen LogP contribution in [0.2, 0.25) is 0 Å². The lowest BCUT2D eigenvalue weighted by molar-refractivity contribution is 0.0990. The monoisotopic (exact) mass is 329 g/mol. The van der Waals surface area contributed by atoms with Gasteiger partial charge in [0, 0.05) is 40.3 Å². The molecule has 1 aromatic heterocycles. The van der Waals surface area contributed by atoms with Gasteiger partial charge < -0.3 is 4.57 Å². The molecule has 0 spiro atoms. The second kappa shape index (κ2) is 5.85. The van der Waals surface area contributed by atoms with Crippen LogP contribution in [0.1, 0.15) is 40.1 Å². The van der Waals surface area contributed by atoms with Crippen LogP contribution in [0.3, 0.4) is 0 Å². The summed E-state index contributed by atoms with van der Waals surface area (Å²) in [5.41, 5.74) is 3.31. The number of ketones is 2. The average Bonchev–Trinajstić information content (AvgIpc) is 3.06. The number of Topliss-reactive ketones (excluding diaryl/α,β-unsaturated/α-hetero) is 2. The van der Waals surface area contributed by atoms with E-state index in [0.29, 0.717) is 17.0 Å². The number of hydrogen-bond donors (Lipinski definition) is 0. The molecule has 0 amide bonds. The highest BCUT2D eigenvalue weighted by molar-refractivity contribution is 6.41. The van der Waals surface area contributed by atoms with Crippen molar-refractivity contribution in [2.45, 2.75) is 20.4 Å². The lowest BCUT2D eigenvalue weighted by atomic mass is 10.1. The molecule has 0 radical (unpaired) electrons. The second-order valence-electron chi connectivity index (χ2n) is 6.91. The van der Waals surface area contributed by atoms with E-state index in [1.807, 2.05) is 24.4 Å². The molecule has 124 valence electrons. The van der Waals surface area contributed by atoms with Crippen molar-refractivity contribution in [3.63, 3.8) is 0 Å². The van der Waals surface area contributed by atoms with Crippen LogP contribution < -0.4 is 0 Å². The molecule has 0 fully saturated rings. The molecule has 0 bridgehead atoms. The van der Waals surface area contributed by atoms with Gasteiger partial charge in [-0.3, -0.25) is 9.59 Å². The number of aromatic nitrogens is 1. The number of hydrogen-bond acceptors (Lipinski definition) is 2. The summed E-state index contributed by atoms with van der Waals surface area (Å²) in [7, 11) is 0. The third-order valence-electron chi connectivity index (χ3n) is 4.59. The van der Waals surface area contributed by atoms with E-state index in [4.69, 9.17) is 0 Å². The second-order valence-corrected chi connectivity index (χ2v) is 6.91. The summed E-state index contributed by atoms with van der Waals surface area (Å²) in [6.45, 7) is 5.24. The zero-order chi connectivity index (χ0) is 17.6. The molecule has 2 aromatic carbocycles. The van der Waals surface area contributed by atoms with Crippen molar-refractivity contribution in [1.29, 1.82) is 0 Å². The molecule has 3 aromatic rings. The van der Waals surface area contributed by atoms with Crippen LogP contribution in [0.4, 0.5) is 0 Å². The van der Waals surface area contributed by atoms with Gasteiger partial charge in [0.25, 0.3) is 0 Å². The zero-order valence-corrected chi connectivity index (χ0v) is 14.3. The van der Waals surface area contributed by atoms with E-state index in [2.05, 4.69) is 24.5 Å². The highest BCUT2D eigenvalue weighted by Gasteiger charge is 2.32. The number of rotatable bonds is 3. The van der Waals surface area contributed by atoms with Gasteiger partial charge in [-0.2, -0.15) is 0 Å². The van der Waals surface area contributed by atoms with E-state index in [1.165, 1.54) is 0 Å². The number of carbonyl (C=O) groups excluding carboxylic acids is 2. The number of carbonyl (C=O) groups is 2.